The molecule has 2 heterocycles. The molecule has 1 unspecified atom stereocenters. The summed E-state index contributed by atoms with van der Waals surface area (Å²) in [6.45, 7) is 5.07. The molecule has 2 aromatic heterocycles. The molecule has 0 spiro atoms. The summed E-state index contributed by atoms with van der Waals surface area (Å²) in [7, 11) is 0. The van der Waals surface area contributed by atoms with Crippen molar-refractivity contribution in [3.05, 3.63) is 63.3 Å². The number of benzene rings is 1. The molecule has 1 aliphatic carbocycles. The summed E-state index contributed by atoms with van der Waals surface area (Å²) in [5.41, 5.74) is 1.54. The van der Waals surface area contributed by atoms with E-state index in [1.165, 1.54) is 17.6 Å². The first kappa shape index (κ1) is 20.6. The van der Waals surface area contributed by atoms with E-state index < -0.39 is 17.8 Å². The second-order valence-electron chi connectivity index (χ2n) is 7.96. The predicted octanol–water partition coefficient (Wildman–Crippen LogP) is 4.24. The van der Waals surface area contributed by atoms with Crippen LogP contribution in [-0.2, 0) is 5.54 Å². The van der Waals surface area contributed by atoms with E-state index >= 15 is 0 Å². The Morgan fingerprint density at radius 2 is 2.00 bits per heavy atom. The number of alkyl halides is 1. The van der Waals surface area contributed by atoms with Gasteiger partial charge in [-0.3, -0.25) is 9.36 Å². The maximum absolute atomic E-state index is 14.0. The Hall–Kier alpha value is -3.71. The Kier molecular flexibility index (Phi) is 4.99. The summed E-state index contributed by atoms with van der Waals surface area (Å²) in [6.07, 6.45) is 7.62. The number of nitrogens with one attached hydrogen (secondary N) is 1. The molecule has 1 aromatic carbocycles. The molecule has 31 heavy (non-hydrogen) atoms. The van der Waals surface area contributed by atoms with Crippen molar-refractivity contribution in [3.8, 4) is 18.4 Å². The van der Waals surface area contributed by atoms with Crippen molar-refractivity contribution in [2.45, 2.75) is 51.4 Å². The molecule has 6 nitrogen and oxygen atoms in total. The third kappa shape index (κ3) is 3.53. The quantitative estimate of drug-likeness (QED) is 0.630. The van der Waals surface area contributed by atoms with Crippen LogP contribution in [0.4, 0.5) is 10.2 Å². The predicted molar refractivity (Wildman–Crippen MR) is 117 cm³/mol. The zero-order valence-corrected chi connectivity index (χ0v) is 17.6. The number of fused-ring (bicyclic) bond motifs is 1. The summed E-state index contributed by atoms with van der Waals surface area (Å²) in [6, 6.07) is 8.49. The lowest BCUT2D eigenvalue weighted by Crippen LogP contribution is -2.28. The van der Waals surface area contributed by atoms with Crippen LogP contribution >= 0.6 is 0 Å². The second-order valence-corrected chi connectivity index (χ2v) is 7.96. The number of nitrogens with zero attached hydrogens (tertiary/aromatic N) is 4. The minimum atomic E-state index is -1.12. The molecule has 0 saturated heterocycles. The van der Waals surface area contributed by atoms with Crippen LogP contribution in [0.3, 0.4) is 0 Å². The number of rotatable bonds is 5. The van der Waals surface area contributed by atoms with Gasteiger partial charge in [-0.1, -0.05) is 24.1 Å². The number of nitriles is 1. The maximum Gasteiger partial charge on any atom is 0.254 e. The monoisotopic (exact) mass is 415 g/mol. The minimum absolute atomic E-state index is 0.274. The molecule has 0 radical (unpaired) electrons. The molecule has 1 aliphatic rings. The van der Waals surface area contributed by atoms with E-state index in [0.717, 1.165) is 11.1 Å². The molecule has 1 N–H and O–H groups in total. The number of terminal acetylenes is 1. The summed E-state index contributed by atoms with van der Waals surface area (Å²) in [5.74, 6) is 3.67. The lowest BCUT2D eigenvalue weighted by molar-refractivity contribution is 0.372. The topological polar surface area (TPSA) is 83.6 Å². The summed E-state index contributed by atoms with van der Waals surface area (Å²) in [4.78, 5) is 21.5. The van der Waals surface area contributed by atoms with Gasteiger partial charge in [0.25, 0.3) is 5.56 Å². The van der Waals surface area contributed by atoms with Crippen LogP contribution in [0, 0.1) is 37.5 Å². The van der Waals surface area contributed by atoms with Gasteiger partial charge in [0.05, 0.1) is 17.0 Å². The molecular formula is C24H22FN5O. The van der Waals surface area contributed by atoms with E-state index in [4.69, 9.17) is 6.42 Å². The molecule has 0 aliphatic heterocycles. The Morgan fingerprint density at radius 3 is 2.61 bits per heavy atom. The lowest BCUT2D eigenvalue weighted by atomic mass is 9.95. The van der Waals surface area contributed by atoms with Gasteiger partial charge in [-0.25, -0.2) is 14.4 Å². The minimum Gasteiger partial charge on any atom is -0.352 e. The van der Waals surface area contributed by atoms with Gasteiger partial charge in [0.1, 0.15) is 29.4 Å². The highest BCUT2D eigenvalue weighted by Gasteiger charge is 2.46. The maximum atomic E-state index is 14.0. The third-order valence-corrected chi connectivity index (χ3v) is 5.84. The van der Waals surface area contributed by atoms with Gasteiger partial charge in [-0.05, 0) is 50.3 Å². The molecule has 2 atom stereocenters. The van der Waals surface area contributed by atoms with Gasteiger partial charge in [0, 0.05) is 12.3 Å². The number of aryl methyl sites for hydroxylation is 1. The number of anilines is 1. The number of hydrogen-bond acceptors (Lipinski definition) is 5. The van der Waals surface area contributed by atoms with Gasteiger partial charge in [0.2, 0.25) is 0 Å². The number of pyridine rings is 1. The van der Waals surface area contributed by atoms with Crippen LogP contribution in [0.5, 0.6) is 0 Å². The van der Waals surface area contributed by atoms with Crippen LogP contribution in [0.2, 0.25) is 0 Å². The van der Waals surface area contributed by atoms with Crippen molar-refractivity contribution in [2.75, 3.05) is 5.32 Å². The Bertz CT molecular complexity index is 1320. The van der Waals surface area contributed by atoms with Gasteiger partial charge in [0.15, 0.2) is 0 Å². The first-order chi connectivity index (χ1) is 14.8. The molecule has 1 saturated carbocycles. The van der Waals surface area contributed by atoms with Crippen LogP contribution in [0.1, 0.15) is 54.5 Å². The average molecular weight is 415 g/mol. The fourth-order valence-electron chi connectivity index (χ4n) is 3.95. The molecule has 7 heteroatoms. The van der Waals surface area contributed by atoms with Crippen molar-refractivity contribution >= 4 is 16.7 Å². The van der Waals surface area contributed by atoms with E-state index in [1.54, 1.807) is 25.3 Å². The number of hydrogen-bond donors (Lipinski definition) is 1. The summed E-state index contributed by atoms with van der Waals surface area (Å²) in [5, 5.41) is 13.4. The average Bonchev–Trinajstić information content (AvgIpc) is 3.52. The van der Waals surface area contributed by atoms with Gasteiger partial charge in [-0.2, -0.15) is 5.26 Å². The fourth-order valence-corrected chi connectivity index (χ4v) is 3.95. The van der Waals surface area contributed by atoms with E-state index in [1.807, 2.05) is 13.0 Å². The lowest BCUT2D eigenvalue weighted by Gasteiger charge is -2.20. The normalized spacial score (nSPS) is 16.2. The van der Waals surface area contributed by atoms with Crippen molar-refractivity contribution in [1.29, 1.82) is 5.26 Å². The molecule has 1 fully saturated rings. The summed E-state index contributed by atoms with van der Waals surface area (Å²) >= 11 is 0. The SMILES string of the molecule is C#C[C@@H](Nc1nc(C)nc2cc(=O)n(C3(C#N)CC3)cc12)c1cccc(C(C)F)c1C. The number of aromatic nitrogens is 3. The van der Waals surface area contributed by atoms with Crippen LogP contribution in [0.25, 0.3) is 10.9 Å². The first-order valence-corrected chi connectivity index (χ1v) is 10.1. The molecule has 0 bridgehead atoms. The van der Waals surface area contributed by atoms with Gasteiger partial charge < -0.3 is 5.32 Å². The molecule has 4 rings (SSSR count). The third-order valence-electron chi connectivity index (χ3n) is 5.84. The van der Waals surface area contributed by atoms with E-state index in [0.29, 0.717) is 41.0 Å². The van der Waals surface area contributed by atoms with Crippen molar-refractivity contribution < 1.29 is 4.39 Å². The molecule has 3 aromatic rings. The Labute approximate surface area is 179 Å². The first-order valence-electron chi connectivity index (χ1n) is 10.1. The van der Waals surface area contributed by atoms with Crippen molar-refractivity contribution in [1.82, 2.24) is 14.5 Å². The second kappa shape index (κ2) is 7.52. The van der Waals surface area contributed by atoms with Gasteiger partial charge >= 0.3 is 0 Å². The largest absolute Gasteiger partial charge is 0.352 e. The highest BCUT2D eigenvalue weighted by Crippen LogP contribution is 2.42. The van der Waals surface area contributed by atoms with E-state index in [2.05, 4.69) is 27.3 Å². The summed E-state index contributed by atoms with van der Waals surface area (Å²) < 4.78 is 15.5. The van der Waals surface area contributed by atoms with Gasteiger partial charge in [-0.15, -0.1) is 6.42 Å². The van der Waals surface area contributed by atoms with Crippen molar-refractivity contribution in [3.63, 3.8) is 0 Å². The molecule has 0 amide bonds. The Morgan fingerprint density at radius 1 is 1.29 bits per heavy atom. The fraction of sp³-hybridized carbons (Fsp3) is 0.333. The Balaban J connectivity index is 1.84. The van der Waals surface area contributed by atoms with Crippen LogP contribution in [-0.4, -0.2) is 14.5 Å². The highest BCUT2D eigenvalue weighted by molar-refractivity contribution is 5.88. The van der Waals surface area contributed by atoms with E-state index in [-0.39, 0.29) is 5.56 Å². The smallest absolute Gasteiger partial charge is 0.254 e. The zero-order valence-electron chi connectivity index (χ0n) is 17.6. The zero-order chi connectivity index (χ0) is 22.3. The molecular weight excluding hydrogens is 393 g/mol. The molecule has 156 valence electrons. The number of halogens is 1. The highest BCUT2D eigenvalue weighted by atomic mass is 19.1. The van der Waals surface area contributed by atoms with Crippen molar-refractivity contribution in [2.24, 2.45) is 0 Å². The van der Waals surface area contributed by atoms with E-state index in [9.17, 15) is 14.4 Å². The van der Waals surface area contributed by atoms with Crippen LogP contribution < -0.4 is 10.9 Å². The van der Waals surface area contributed by atoms with Crippen LogP contribution in [0.15, 0.2) is 35.3 Å². The standard InChI is InChI=1S/C24H22FN5O/c1-5-20(18-8-6-7-17(14(18)2)15(3)25)29-23-19-12-30(24(13-26)9-10-24)22(31)11-21(19)27-16(4)28-23/h1,6-8,11-12,15,20H,9-10H2,2-4H3,(H,27,28,29)/t15?,20-/m1/s1.